The highest BCUT2D eigenvalue weighted by molar-refractivity contribution is 5.73. The summed E-state index contributed by atoms with van der Waals surface area (Å²) in [6.07, 6.45) is 0.0372. The van der Waals surface area contributed by atoms with Crippen molar-refractivity contribution in [1.29, 1.82) is 0 Å². The van der Waals surface area contributed by atoms with Crippen LogP contribution in [0.5, 0.6) is 0 Å². The van der Waals surface area contributed by atoms with Crippen LogP contribution in [0.25, 0.3) is 0 Å². The molecule has 5 nitrogen and oxygen atoms in total. The normalized spacial score (nSPS) is 19.5. The Morgan fingerprint density at radius 1 is 1.38 bits per heavy atom. The van der Waals surface area contributed by atoms with Crippen LogP contribution in [0.3, 0.4) is 0 Å². The summed E-state index contributed by atoms with van der Waals surface area (Å²) in [6.45, 7) is 8.21. The first-order valence-electron chi connectivity index (χ1n) is 8.62. The minimum atomic E-state index is -1.05. The van der Waals surface area contributed by atoms with Crippen molar-refractivity contribution >= 4 is 6.03 Å². The fraction of sp³-hybridized carbons (Fsp3) is 0.611. The molecule has 2 rings (SSSR count). The maximum atomic E-state index is 13.6. The lowest BCUT2D eigenvalue weighted by molar-refractivity contribution is 0.168. The number of nitrogens with zero attached hydrogens (tertiary/aromatic N) is 1. The van der Waals surface area contributed by atoms with E-state index in [0.717, 1.165) is 26.1 Å². The van der Waals surface area contributed by atoms with Gasteiger partial charge < -0.3 is 20.6 Å². The molecule has 1 aliphatic rings. The fourth-order valence-electron chi connectivity index (χ4n) is 3.11. The first kappa shape index (κ1) is 18.7. The molecule has 0 aliphatic carbocycles. The van der Waals surface area contributed by atoms with Crippen LogP contribution in [0.2, 0.25) is 0 Å². The Balaban J connectivity index is 1.66. The highest BCUT2D eigenvalue weighted by atomic mass is 19.1. The maximum absolute atomic E-state index is 13.6. The van der Waals surface area contributed by atoms with E-state index in [1.54, 1.807) is 12.1 Å². The molecular formula is C18H28FN3O2. The molecule has 0 bridgehead atoms. The smallest absolute Gasteiger partial charge is 0.314 e. The van der Waals surface area contributed by atoms with Crippen molar-refractivity contribution in [3.8, 4) is 0 Å². The van der Waals surface area contributed by atoms with E-state index in [4.69, 9.17) is 0 Å². The monoisotopic (exact) mass is 337 g/mol. The van der Waals surface area contributed by atoms with Gasteiger partial charge in [0.05, 0.1) is 6.10 Å². The lowest BCUT2D eigenvalue weighted by Crippen LogP contribution is -2.40. The van der Waals surface area contributed by atoms with Crippen LogP contribution in [0, 0.1) is 17.7 Å². The molecule has 2 amide bonds. The van der Waals surface area contributed by atoms with Crippen LogP contribution in [0.15, 0.2) is 24.3 Å². The first-order valence-corrected chi connectivity index (χ1v) is 8.62. The number of nitrogens with one attached hydrogen (secondary N) is 2. The Labute approximate surface area is 143 Å². The molecule has 0 spiro atoms. The quantitative estimate of drug-likeness (QED) is 0.714. The predicted molar refractivity (Wildman–Crippen MR) is 92.1 cm³/mol. The Hall–Kier alpha value is -1.66. The van der Waals surface area contributed by atoms with Gasteiger partial charge in [-0.2, -0.15) is 0 Å². The van der Waals surface area contributed by atoms with Gasteiger partial charge in [0.15, 0.2) is 0 Å². The van der Waals surface area contributed by atoms with Crippen molar-refractivity contribution in [2.75, 3.05) is 32.7 Å². The maximum Gasteiger partial charge on any atom is 0.314 e. The van der Waals surface area contributed by atoms with E-state index in [1.807, 2.05) is 0 Å². The molecule has 1 aromatic carbocycles. The Bertz CT molecular complexity index is 539. The largest absolute Gasteiger partial charge is 0.386 e. The minimum absolute atomic E-state index is 0.0170. The third-order valence-electron chi connectivity index (χ3n) is 4.26. The van der Waals surface area contributed by atoms with Gasteiger partial charge in [-0.1, -0.05) is 32.0 Å². The van der Waals surface area contributed by atoms with Crippen LogP contribution in [0.4, 0.5) is 9.18 Å². The van der Waals surface area contributed by atoms with E-state index in [2.05, 4.69) is 29.4 Å². The SMILES string of the molecule is CC(C)CN1CCC(CNC(=O)NCC(O)c2ccccc2F)C1. The summed E-state index contributed by atoms with van der Waals surface area (Å²) in [7, 11) is 0. The van der Waals surface area contributed by atoms with Crippen molar-refractivity contribution in [2.45, 2.75) is 26.4 Å². The zero-order chi connectivity index (χ0) is 17.5. The molecule has 134 valence electrons. The van der Waals surface area contributed by atoms with Gasteiger partial charge in [-0.25, -0.2) is 9.18 Å². The van der Waals surface area contributed by atoms with Gasteiger partial charge >= 0.3 is 6.03 Å². The van der Waals surface area contributed by atoms with E-state index in [-0.39, 0.29) is 18.1 Å². The molecule has 0 aromatic heterocycles. The summed E-state index contributed by atoms with van der Waals surface area (Å²) >= 11 is 0. The highest BCUT2D eigenvalue weighted by Gasteiger charge is 2.23. The second-order valence-corrected chi connectivity index (χ2v) is 6.94. The molecule has 1 aromatic rings. The Kier molecular flexibility index (Phi) is 6.99. The van der Waals surface area contributed by atoms with Crippen LogP contribution < -0.4 is 10.6 Å². The number of aliphatic hydroxyl groups excluding tert-OH is 1. The number of carbonyl (C=O) groups is 1. The average molecular weight is 337 g/mol. The van der Waals surface area contributed by atoms with Crippen LogP contribution in [-0.4, -0.2) is 48.8 Å². The van der Waals surface area contributed by atoms with Gasteiger partial charge in [0, 0.05) is 31.7 Å². The zero-order valence-electron chi connectivity index (χ0n) is 14.5. The molecule has 1 saturated heterocycles. The van der Waals surface area contributed by atoms with E-state index < -0.39 is 11.9 Å². The molecule has 1 aliphatic heterocycles. The number of hydrogen-bond donors (Lipinski definition) is 3. The van der Waals surface area contributed by atoms with Gasteiger partial charge in [0.2, 0.25) is 0 Å². The molecule has 2 atom stereocenters. The van der Waals surface area contributed by atoms with Gasteiger partial charge in [-0.05, 0) is 30.9 Å². The highest BCUT2D eigenvalue weighted by Crippen LogP contribution is 2.17. The number of aliphatic hydroxyl groups is 1. The number of amides is 2. The third kappa shape index (κ3) is 5.76. The van der Waals surface area contributed by atoms with Crippen molar-refractivity contribution in [1.82, 2.24) is 15.5 Å². The van der Waals surface area contributed by atoms with Crippen molar-refractivity contribution in [3.05, 3.63) is 35.6 Å². The van der Waals surface area contributed by atoms with Gasteiger partial charge in [0.1, 0.15) is 5.82 Å². The summed E-state index contributed by atoms with van der Waals surface area (Å²) < 4.78 is 13.6. The number of urea groups is 1. The fourth-order valence-corrected chi connectivity index (χ4v) is 3.11. The second-order valence-electron chi connectivity index (χ2n) is 6.94. The topological polar surface area (TPSA) is 64.6 Å². The van der Waals surface area contributed by atoms with Crippen molar-refractivity contribution < 1.29 is 14.3 Å². The summed E-state index contributed by atoms with van der Waals surface area (Å²) in [5.74, 6) is 0.647. The zero-order valence-corrected chi connectivity index (χ0v) is 14.5. The Morgan fingerprint density at radius 3 is 2.83 bits per heavy atom. The van der Waals surface area contributed by atoms with Crippen LogP contribution >= 0.6 is 0 Å². The van der Waals surface area contributed by atoms with E-state index in [1.165, 1.54) is 12.1 Å². The minimum Gasteiger partial charge on any atom is -0.386 e. The molecule has 6 heteroatoms. The van der Waals surface area contributed by atoms with Gasteiger partial charge in [-0.15, -0.1) is 0 Å². The lowest BCUT2D eigenvalue weighted by atomic mass is 10.1. The van der Waals surface area contributed by atoms with Crippen LogP contribution in [-0.2, 0) is 0 Å². The molecule has 1 heterocycles. The lowest BCUT2D eigenvalue weighted by Gasteiger charge is -2.18. The standard InChI is InChI=1S/C18H28FN3O2/c1-13(2)11-22-8-7-14(12-22)9-20-18(24)21-10-17(23)15-5-3-4-6-16(15)19/h3-6,13-14,17,23H,7-12H2,1-2H3,(H2,20,21,24). The molecular weight excluding hydrogens is 309 g/mol. The van der Waals surface area contributed by atoms with E-state index >= 15 is 0 Å². The molecule has 3 N–H and O–H groups in total. The first-order chi connectivity index (χ1) is 11.5. The van der Waals surface area contributed by atoms with Gasteiger partial charge in [-0.3, -0.25) is 0 Å². The summed E-state index contributed by atoms with van der Waals surface area (Å²) in [5, 5.41) is 15.4. The molecule has 0 saturated carbocycles. The molecule has 2 unspecified atom stereocenters. The summed E-state index contributed by atoms with van der Waals surface area (Å²) in [6, 6.07) is 5.71. The van der Waals surface area contributed by atoms with E-state index in [0.29, 0.717) is 18.4 Å². The third-order valence-corrected chi connectivity index (χ3v) is 4.26. The molecule has 1 fully saturated rings. The second kappa shape index (κ2) is 8.99. The van der Waals surface area contributed by atoms with Gasteiger partial charge in [0.25, 0.3) is 0 Å². The summed E-state index contributed by atoms with van der Waals surface area (Å²) in [5.41, 5.74) is 0.193. The van der Waals surface area contributed by atoms with E-state index in [9.17, 15) is 14.3 Å². The number of hydrogen-bond acceptors (Lipinski definition) is 3. The van der Waals surface area contributed by atoms with Crippen molar-refractivity contribution in [3.63, 3.8) is 0 Å². The van der Waals surface area contributed by atoms with Crippen LogP contribution in [0.1, 0.15) is 31.9 Å². The molecule has 24 heavy (non-hydrogen) atoms. The number of rotatable bonds is 7. The average Bonchev–Trinajstić information content (AvgIpc) is 2.97. The van der Waals surface area contributed by atoms with Crippen molar-refractivity contribution in [2.24, 2.45) is 11.8 Å². The molecule has 0 radical (unpaired) electrons. The Morgan fingerprint density at radius 2 is 2.12 bits per heavy atom. The number of likely N-dealkylation sites (tertiary alicyclic amines) is 1. The number of carbonyl (C=O) groups excluding carboxylic acids is 1. The number of halogens is 1. The number of benzene rings is 1. The predicted octanol–water partition coefficient (Wildman–Crippen LogP) is 2.14. The summed E-state index contributed by atoms with van der Waals surface area (Å²) in [4.78, 5) is 14.3.